The van der Waals surface area contributed by atoms with Crippen molar-refractivity contribution < 1.29 is 0 Å². The minimum Gasteiger partial charge on any atom is -0.322 e. The number of nitrogens with two attached hydrogens (primary N) is 1. The lowest BCUT2D eigenvalue weighted by atomic mass is 10.2. The highest BCUT2D eigenvalue weighted by Gasteiger charge is 2.03. The SMILES string of the molecule is C=N/N=C(\SCN)C(C)C. The summed E-state index contributed by atoms with van der Waals surface area (Å²) in [5.41, 5.74) is 5.32. The van der Waals surface area contributed by atoms with E-state index in [1.807, 2.05) is 13.8 Å². The van der Waals surface area contributed by atoms with Crippen LogP contribution in [0.1, 0.15) is 13.8 Å². The first-order chi connectivity index (χ1) is 4.72. The van der Waals surface area contributed by atoms with Gasteiger partial charge in [-0.3, -0.25) is 0 Å². The molecule has 0 unspecified atom stereocenters. The Morgan fingerprint density at radius 3 is 2.60 bits per heavy atom. The number of hydrogen-bond donors (Lipinski definition) is 1. The van der Waals surface area contributed by atoms with Crippen LogP contribution in [0.5, 0.6) is 0 Å². The number of hydrogen-bond acceptors (Lipinski definition) is 4. The fraction of sp³-hybridized carbons (Fsp3) is 0.667. The second kappa shape index (κ2) is 5.44. The van der Waals surface area contributed by atoms with Crippen LogP contribution in [0, 0.1) is 5.92 Å². The van der Waals surface area contributed by atoms with Gasteiger partial charge in [0.2, 0.25) is 0 Å². The summed E-state index contributed by atoms with van der Waals surface area (Å²) in [7, 11) is 0. The molecule has 0 heterocycles. The molecule has 0 saturated carbocycles. The molecule has 2 N–H and O–H groups in total. The van der Waals surface area contributed by atoms with Crippen LogP contribution in [0.25, 0.3) is 0 Å². The maximum Gasteiger partial charge on any atom is 0.0996 e. The molecule has 0 rings (SSSR count). The molecule has 0 aliphatic rings. The van der Waals surface area contributed by atoms with Crippen LogP contribution in [-0.2, 0) is 0 Å². The van der Waals surface area contributed by atoms with E-state index in [2.05, 4.69) is 16.9 Å². The normalized spacial score (nSPS) is 12.2. The van der Waals surface area contributed by atoms with Crippen LogP contribution in [0.15, 0.2) is 10.2 Å². The summed E-state index contributed by atoms with van der Waals surface area (Å²) in [5, 5.41) is 8.21. The molecule has 0 radical (unpaired) electrons. The van der Waals surface area contributed by atoms with Crippen LogP contribution in [0.4, 0.5) is 0 Å². The predicted octanol–water partition coefficient (Wildman–Crippen LogP) is 1.31. The van der Waals surface area contributed by atoms with Crippen molar-refractivity contribution in [3.05, 3.63) is 0 Å². The van der Waals surface area contributed by atoms with E-state index in [-0.39, 0.29) is 0 Å². The standard InChI is InChI=1S/C6H13N3S/c1-5(2)6(9-8-3)10-4-7/h5H,3-4,7H2,1-2H3/b9-6-. The fourth-order valence-corrected chi connectivity index (χ4v) is 1.09. The van der Waals surface area contributed by atoms with E-state index in [1.54, 1.807) is 0 Å². The minimum atomic E-state index is 0.388. The zero-order chi connectivity index (χ0) is 7.98. The maximum absolute atomic E-state index is 5.32. The molecule has 0 saturated heterocycles. The van der Waals surface area contributed by atoms with Crippen LogP contribution in [-0.4, -0.2) is 17.6 Å². The van der Waals surface area contributed by atoms with Crippen LogP contribution in [0.2, 0.25) is 0 Å². The molecule has 0 amide bonds. The van der Waals surface area contributed by atoms with Gasteiger partial charge in [0.05, 0.1) is 5.04 Å². The molecule has 0 spiro atoms. The molecule has 0 aliphatic heterocycles. The van der Waals surface area contributed by atoms with E-state index < -0.39 is 0 Å². The van der Waals surface area contributed by atoms with Gasteiger partial charge in [0.25, 0.3) is 0 Å². The average molecular weight is 159 g/mol. The van der Waals surface area contributed by atoms with Gasteiger partial charge in [0.15, 0.2) is 0 Å². The summed E-state index contributed by atoms with van der Waals surface area (Å²) in [4.78, 5) is 0. The topological polar surface area (TPSA) is 50.7 Å². The van der Waals surface area contributed by atoms with E-state index in [0.717, 1.165) is 5.04 Å². The van der Waals surface area contributed by atoms with Crippen molar-refractivity contribution >= 4 is 23.5 Å². The lowest BCUT2D eigenvalue weighted by Crippen LogP contribution is -2.06. The quantitative estimate of drug-likeness (QED) is 0.292. The summed E-state index contributed by atoms with van der Waals surface area (Å²) < 4.78 is 0. The molecule has 0 atom stereocenters. The molecule has 3 nitrogen and oxygen atoms in total. The average Bonchev–Trinajstić information content (AvgIpc) is 1.87. The maximum atomic E-state index is 5.32. The van der Waals surface area contributed by atoms with Gasteiger partial charge in [-0.25, -0.2) is 0 Å². The summed E-state index contributed by atoms with van der Waals surface area (Å²) >= 11 is 1.50. The molecule has 10 heavy (non-hydrogen) atoms. The van der Waals surface area contributed by atoms with E-state index in [0.29, 0.717) is 11.8 Å². The monoisotopic (exact) mass is 159 g/mol. The van der Waals surface area contributed by atoms with Crippen molar-refractivity contribution in [2.45, 2.75) is 13.8 Å². The van der Waals surface area contributed by atoms with Crippen molar-refractivity contribution in [1.29, 1.82) is 0 Å². The first-order valence-electron chi connectivity index (χ1n) is 3.08. The smallest absolute Gasteiger partial charge is 0.0996 e. The van der Waals surface area contributed by atoms with Crippen LogP contribution < -0.4 is 5.73 Å². The molecule has 0 aliphatic carbocycles. The molecule has 4 heteroatoms. The van der Waals surface area contributed by atoms with E-state index in [9.17, 15) is 0 Å². The fourth-order valence-electron chi connectivity index (χ4n) is 0.466. The van der Waals surface area contributed by atoms with Crippen molar-refractivity contribution in [1.82, 2.24) is 0 Å². The highest BCUT2D eigenvalue weighted by atomic mass is 32.2. The highest BCUT2D eigenvalue weighted by molar-refractivity contribution is 8.13. The van der Waals surface area contributed by atoms with Gasteiger partial charge in [-0.05, 0) is 0 Å². The molecule has 0 fully saturated rings. The Labute approximate surface area is 65.8 Å². The third-order valence-corrected chi connectivity index (χ3v) is 1.91. The molecular formula is C6H13N3S. The van der Waals surface area contributed by atoms with Crippen molar-refractivity contribution in [2.24, 2.45) is 21.9 Å². The third kappa shape index (κ3) is 3.63. The van der Waals surface area contributed by atoms with Gasteiger partial charge in [-0.1, -0.05) is 25.6 Å². The Balaban J connectivity index is 3.97. The number of nitrogens with zero attached hydrogens (tertiary/aromatic N) is 2. The van der Waals surface area contributed by atoms with Gasteiger partial charge >= 0.3 is 0 Å². The molecule has 0 aromatic rings. The Hall–Kier alpha value is -0.350. The molecule has 58 valence electrons. The molecular weight excluding hydrogens is 146 g/mol. The zero-order valence-electron chi connectivity index (χ0n) is 6.37. The van der Waals surface area contributed by atoms with Gasteiger partial charge in [-0.15, -0.1) is 5.10 Å². The van der Waals surface area contributed by atoms with Crippen LogP contribution in [0.3, 0.4) is 0 Å². The summed E-state index contributed by atoms with van der Waals surface area (Å²) in [6, 6.07) is 0. The lowest BCUT2D eigenvalue weighted by Gasteiger charge is -2.04. The van der Waals surface area contributed by atoms with Gasteiger partial charge in [-0.2, -0.15) is 5.10 Å². The Morgan fingerprint density at radius 1 is 1.70 bits per heavy atom. The second-order valence-corrected chi connectivity index (χ2v) is 3.09. The van der Waals surface area contributed by atoms with Crippen molar-refractivity contribution in [3.8, 4) is 0 Å². The largest absolute Gasteiger partial charge is 0.322 e. The molecule has 0 aromatic carbocycles. The third-order valence-electron chi connectivity index (χ3n) is 0.894. The minimum absolute atomic E-state index is 0.388. The van der Waals surface area contributed by atoms with Gasteiger partial charge < -0.3 is 5.73 Å². The predicted molar refractivity (Wildman–Crippen MR) is 48.5 cm³/mol. The Morgan fingerprint density at radius 2 is 2.30 bits per heavy atom. The first-order valence-corrected chi connectivity index (χ1v) is 4.07. The van der Waals surface area contributed by atoms with Crippen molar-refractivity contribution in [2.75, 3.05) is 5.88 Å². The van der Waals surface area contributed by atoms with Crippen molar-refractivity contribution in [3.63, 3.8) is 0 Å². The summed E-state index contributed by atoms with van der Waals surface area (Å²) in [5.74, 6) is 0.936. The lowest BCUT2D eigenvalue weighted by molar-refractivity contribution is 0.893. The number of rotatable bonds is 3. The zero-order valence-corrected chi connectivity index (χ0v) is 7.19. The summed E-state index contributed by atoms with van der Waals surface area (Å²) in [6.45, 7) is 7.37. The van der Waals surface area contributed by atoms with E-state index in [1.165, 1.54) is 11.8 Å². The molecule has 0 bridgehead atoms. The first kappa shape index (κ1) is 9.65. The molecule has 0 aromatic heterocycles. The van der Waals surface area contributed by atoms with Gasteiger partial charge in [0.1, 0.15) is 0 Å². The summed E-state index contributed by atoms with van der Waals surface area (Å²) in [6.07, 6.45) is 0. The van der Waals surface area contributed by atoms with E-state index in [4.69, 9.17) is 5.73 Å². The second-order valence-electron chi connectivity index (χ2n) is 2.05. The highest BCUT2D eigenvalue weighted by Crippen LogP contribution is 2.10. The van der Waals surface area contributed by atoms with Crippen LogP contribution >= 0.6 is 11.8 Å². The Bertz CT molecular complexity index is 131. The van der Waals surface area contributed by atoms with Gasteiger partial charge in [0, 0.05) is 18.5 Å². The van der Waals surface area contributed by atoms with E-state index >= 15 is 0 Å². The number of thioether (sulfide) groups is 1. The Kier molecular flexibility index (Phi) is 5.25.